The number of nitrogens with one attached hydrogen (secondary N) is 2. The number of aliphatic imine (C=N–C) groups is 1. The number of fused-ring (bicyclic) bond motifs is 1. The predicted molar refractivity (Wildman–Crippen MR) is 129 cm³/mol. The second-order valence-electron chi connectivity index (χ2n) is 8.75. The first kappa shape index (κ1) is 23.4. The number of unbranched alkanes of at least 4 members (excludes halogenated alkanes) is 1. The molecule has 0 aromatic heterocycles. The molecular weight excluding hydrogens is 436 g/mol. The molecule has 2 aliphatic heterocycles. The van der Waals surface area contributed by atoms with E-state index in [1.54, 1.807) is 24.3 Å². The van der Waals surface area contributed by atoms with Crippen molar-refractivity contribution in [2.75, 3.05) is 13.1 Å². The summed E-state index contributed by atoms with van der Waals surface area (Å²) in [6.07, 6.45) is 4.87. The van der Waals surface area contributed by atoms with Crippen molar-refractivity contribution in [1.82, 2.24) is 14.9 Å². The summed E-state index contributed by atoms with van der Waals surface area (Å²) in [5.41, 5.74) is 2.83. The molecule has 0 spiro atoms. The van der Waals surface area contributed by atoms with E-state index in [2.05, 4.69) is 51.1 Å². The van der Waals surface area contributed by atoms with Crippen molar-refractivity contribution in [1.29, 1.82) is 0 Å². The summed E-state index contributed by atoms with van der Waals surface area (Å²) in [5, 5.41) is 2.99. The van der Waals surface area contributed by atoms with Gasteiger partial charge in [0.2, 0.25) is 5.91 Å². The van der Waals surface area contributed by atoms with Crippen molar-refractivity contribution in [2.45, 2.75) is 63.1 Å². The number of carbonyl (C=O) groups is 1. The van der Waals surface area contributed by atoms with Gasteiger partial charge in [0.05, 0.1) is 4.90 Å². The fraction of sp³-hybridized carbons (Fsp3) is 0.440. The molecule has 1 fully saturated rings. The molecule has 0 aliphatic carbocycles. The van der Waals surface area contributed by atoms with E-state index >= 15 is 0 Å². The van der Waals surface area contributed by atoms with Gasteiger partial charge >= 0.3 is 0 Å². The van der Waals surface area contributed by atoms with Crippen LogP contribution in [-0.2, 0) is 27.9 Å². The zero-order valence-corrected chi connectivity index (χ0v) is 19.9. The lowest BCUT2D eigenvalue weighted by molar-refractivity contribution is -0.122. The van der Waals surface area contributed by atoms with Gasteiger partial charge < -0.3 is 5.32 Å². The van der Waals surface area contributed by atoms with E-state index in [9.17, 15) is 13.2 Å². The molecule has 2 heterocycles. The molecule has 33 heavy (non-hydrogen) atoms. The quantitative estimate of drug-likeness (QED) is 0.591. The van der Waals surface area contributed by atoms with Gasteiger partial charge in [-0.3, -0.25) is 19.4 Å². The second kappa shape index (κ2) is 10.5. The van der Waals surface area contributed by atoms with Crippen molar-refractivity contribution in [2.24, 2.45) is 4.99 Å². The molecule has 1 unspecified atom stereocenters. The second-order valence-corrected chi connectivity index (χ2v) is 10.4. The van der Waals surface area contributed by atoms with E-state index in [1.807, 2.05) is 0 Å². The van der Waals surface area contributed by atoms with Gasteiger partial charge in [-0.2, -0.15) is 0 Å². The third kappa shape index (κ3) is 5.81. The van der Waals surface area contributed by atoms with E-state index < -0.39 is 16.1 Å². The Balaban J connectivity index is 1.41. The van der Waals surface area contributed by atoms with Crippen molar-refractivity contribution in [3.05, 3.63) is 65.2 Å². The molecule has 0 saturated carbocycles. The highest BCUT2D eigenvalue weighted by molar-refractivity contribution is 7.90. The van der Waals surface area contributed by atoms with Gasteiger partial charge in [-0.15, -0.1) is 0 Å². The molecular formula is C25H32N4O3S. The monoisotopic (exact) mass is 468 g/mol. The molecule has 2 aliphatic rings. The minimum absolute atomic E-state index is 0.194. The summed E-state index contributed by atoms with van der Waals surface area (Å²) in [6, 6.07) is 14.4. The molecule has 2 N–H and O–H groups in total. The maximum atomic E-state index is 13.0. The molecule has 1 atom stereocenters. The Kier molecular flexibility index (Phi) is 7.45. The lowest BCUT2D eigenvalue weighted by atomic mass is 10.1. The fourth-order valence-electron chi connectivity index (χ4n) is 4.31. The van der Waals surface area contributed by atoms with Gasteiger partial charge in [-0.05, 0) is 55.6 Å². The highest BCUT2D eigenvalue weighted by Gasteiger charge is 2.31. The van der Waals surface area contributed by atoms with E-state index in [0.29, 0.717) is 18.5 Å². The lowest BCUT2D eigenvalue weighted by Crippen LogP contribution is -2.35. The van der Waals surface area contributed by atoms with Gasteiger partial charge in [-0.1, -0.05) is 56.2 Å². The molecule has 0 bridgehead atoms. The first-order valence-electron chi connectivity index (χ1n) is 11.7. The Morgan fingerprint density at radius 1 is 1.09 bits per heavy atom. The van der Waals surface area contributed by atoms with Gasteiger partial charge in [0.25, 0.3) is 10.0 Å². The van der Waals surface area contributed by atoms with Crippen LogP contribution in [0.15, 0.2) is 58.4 Å². The summed E-state index contributed by atoms with van der Waals surface area (Å²) in [4.78, 5) is 20.2. The molecule has 2 aromatic carbocycles. The molecule has 8 heteroatoms. The van der Waals surface area contributed by atoms with Crippen LogP contribution in [0.3, 0.4) is 0 Å². The zero-order chi connectivity index (χ0) is 23.3. The topological polar surface area (TPSA) is 90.9 Å². The van der Waals surface area contributed by atoms with Crippen LogP contribution < -0.4 is 10.0 Å². The molecule has 1 saturated heterocycles. The van der Waals surface area contributed by atoms with Crippen molar-refractivity contribution < 1.29 is 13.2 Å². The Labute approximate surface area is 196 Å². The van der Waals surface area contributed by atoms with Crippen molar-refractivity contribution in [3.8, 4) is 0 Å². The van der Waals surface area contributed by atoms with Crippen LogP contribution in [0.5, 0.6) is 0 Å². The zero-order valence-electron chi connectivity index (χ0n) is 19.1. The number of sulfonamides is 1. The first-order valence-corrected chi connectivity index (χ1v) is 13.2. The van der Waals surface area contributed by atoms with Crippen molar-refractivity contribution in [3.63, 3.8) is 0 Å². The largest absolute Gasteiger partial charge is 0.350 e. The molecule has 7 nitrogen and oxygen atoms in total. The molecule has 4 rings (SSSR count). The van der Waals surface area contributed by atoms with Crippen LogP contribution in [0.2, 0.25) is 0 Å². The van der Waals surface area contributed by atoms with Crippen LogP contribution >= 0.6 is 0 Å². The smallest absolute Gasteiger partial charge is 0.263 e. The fourth-order valence-corrected chi connectivity index (χ4v) is 5.54. The SMILES string of the molecule is CCCCC(N=C1NS(=O)(=O)c2ccccc21)C(=O)NCc1ccc(CN2CCCC2)cc1. The van der Waals surface area contributed by atoms with Crippen molar-refractivity contribution >= 4 is 21.8 Å². The predicted octanol–water partition coefficient (Wildman–Crippen LogP) is 3.20. The Bertz CT molecular complexity index is 1110. The number of hydrogen-bond acceptors (Lipinski definition) is 5. The van der Waals surface area contributed by atoms with Gasteiger partial charge in [0, 0.05) is 18.7 Å². The third-order valence-electron chi connectivity index (χ3n) is 6.18. The lowest BCUT2D eigenvalue weighted by Gasteiger charge is -2.16. The highest BCUT2D eigenvalue weighted by Crippen LogP contribution is 2.23. The molecule has 0 radical (unpaired) electrons. The van der Waals surface area contributed by atoms with Crippen LogP contribution in [0.4, 0.5) is 0 Å². The van der Waals surface area contributed by atoms with E-state index in [1.165, 1.54) is 31.5 Å². The number of likely N-dealkylation sites (tertiary alicyclic amines) is 1. The third-order valence-corrected chi connectivity index (χ3v) is 7.57. The average Bonchev–Trinajstić information content (AvgIpc) is 3.42. The number of amides is 1. The summed E-state index contributed by atoms with van der Waals surface area (Å²) in [5.74, 6) is 0.0498. The van der Waals surface area contributed by atoms with Crippen LogP contribution in [0, 0.1) is 0 Å². The standard InChI is InChI=1S/C25H32N4O3S/c1-2-3-9-22(27-24-21-8-4-5-10-23(21)33(31,32)28-24)25(30)26-17-19-11-13-20(14-12-19)18-29-15-6-7-16-29/h4-5,8,10-14,22H,2-3,6-7,9,15-18H2,1H3,(H,26,30)(H,27,28). The van der Waals surface area contributed by atoms with E-state index in [-0.39, 0.29) is 16.6 Å². The number of rotatable bonds is 9. The minimum atomic E-state index is -3.63. The molecule has 1 amide bonds. The summed E-state index contributed by atoms with van der Waals surface area (Å²) >= 11 is 0. The number of carbonyl (C=O) groups excluding carboxylic acids is 1. The Morgan fingerprint density at radius 3 is 2.52 bits per heavy atom. The van der Waals surface area contributed by atoms with Gasteiger partial charge in [0.15, 0.2) is 0 Å². The van der Waals surface area contributed by atoms with Gasteiger partial charge in [-0.25, -0.2) is 8.42 Å². The maximum Gasteiger partial charge on any atom is 0.263 e. The number of hydrogen-bond donors (Lipinski definition) is 2. The van der Waals surface area contributed by atoms with Gasteiger partial charge in [0.1, 0.15) is 11.9 Å². The summed E-state index contributed by atoms with van der Waals surface area (Å²) in [7, 11) is -3.63. The maximum absolute atomic E-state index is 13.0. The first-order chi connectivity index (χ1) is 16.0. The Hall–Kier alpha value is -2.71. The number of amidine groups is 1. The van der Waals surface area contributed by atoms with E-state index in [4.69, 9.17) is 0 Å². The number of benzene rings is 2. The van der Waals surface area contributed by atoms with Crippen LogP contribution in [-0.4, -0.2) is 44.2 Å². The summed E-state index contributed by atoms with van der Waals surface area (Å²) in [6.45, 7) is 5.78. The number of nitrogens with zero attached hydrogens (tertiary/aromatic N) is 2. The molecule has 176 valence electrons. The molecule has 2 aromatic rings. The van der Waals surface area contributed by atoms with E-state index in [0.717, 1.165) is 24.9 Å². The normalized spacial score (nSPS) is 19.2. The highest BCUT2D eigenvalue weighted by atomic mass is 32.2. The van der Waals surface area contributed by atoms with Crippen LogP contribution in [0.25, 0.3) is 0 Å². The average molecular weight is 469 g/mol. The Morgan fingerprint density at radius 2 is 1.79 bits per heavy atom. The minimum Gasteiger partial charge on any atom is -0.350 e. The summed E-state index contributed by atoms with van der Waals surface area (Å²) < 4.78 is 27.3. The van der Waals surface area contributed by atoms with Crippen LogP contribution in [0.1, 0.15) is 55.7 Å².